The lowest BCUT2D eigenvalue weighted by molar-refractivity contribution is -0.256. The molecule has 1 saturated carbocycles. The van der Waals surface area contributed by atoms with Gasteiger partial charge in [0.2, 0.25) is 5.79 Å². The molecule has 3 aromatic rings. The number of hydrogen-bond donors (Lipinski definition) is 2. The topological polar surface area (TPSA) is 119 Å². The monoisotopic (exact) mass is 878 g/mol. The first kappa shape index (κ1) is 46.4. The molecule has 0 radical (unpaired) electrons. The number of benzene rings is 3. The van der Waals surface area contributed by atoms with Gasteiger partial charge in [-0.25, -0.2) is 9.18 Å². The third-order valence-electron chi connectivity index (χ3n) is 11.5. The van der Waals surface area contributed by atoms with Crippen LogP contribution < -0.4 is 9.47 Å². The zero-order valence-corrected chi connectivity index (χ0v) is 37.3. The van der Waals surface area contributed by atoms with E-state index in [0.29, 0.717) is 41.4 Å². The molecule has 6 rings (SSSR count). The number of unbranched alkanes of at least 4 members (excludes halogenated alkanes) is 2. The maximum Gasteiger partial charge on any atom is 0.410 e. The van der Waals surface area contributed by atoms with Crippen molar-refractivity contribution in [3.05, 3.63) is 108 Å². The number of hydrogen-bond acceptors (Lipinski definition) is 10. The second-order valence-electron chi connectivity index (χ2n) is 16.8. The van der Waals surface area contributed by atoms with Crippen molar-refractivity contribution in [3.8, 4) is 17.2 Å². The molecule has 0 saturated heterocycles. The third kappa shape index (κ3) is 11.1. The molecule has 3 aromatic carbocycles. The van der Waals surface area contributed by atoms with Crippen LogP contribution in [0.4, 0.5) is 9.18 Å². The molecule has 0 bridgehead atoms. The van der Waals surface area contributed by atoms with Gasteiger partial charge in [0.25, 0.3) is 0 Å². The fraction of sp³-hybridized carbons (Fsp3) is 0.500. The van der Waals surface area contributed by atoms with E-state index >= 15 is 0 Å². The predicted octanol–water partition coefficient (Wildman–Crippen LogP) is 10.6. The van der Waals surface area contributed by atoms with Crippen LogP contribution in [0.3, 0.4) is 0 Å². The van der Waals surface area contributed by atoms with Crippen LogP contribution in [0, 0.1) is 23.6 Å². The lowest BCUT2D eigenvalue weighted by Gasteiger charge is -2.60. The average Bonchev–Trinajstić information content (AvgIpc) is 3.25. The van der Waals surface area contributed by atoms with Gasteiger partial charge in [0, 0.05) is 42.6 Å². The number of thioether (sulfide) groups is 1. The van der Waals surface area contributed by atoms with Gasteiger partial charge in [-0.1, -0.05) is 42.3 Å². The number of ether oxygens (including phenoxy) is 4. The van der Waals surface area contributed by atoms with Gasteiger partial charge in [0.15, 0.2) is 0 Å². The van der Waals surface area contributed by atoms with Crippen molar-refractivity contribution in [1.82, 2.24) is 4.90 Å². The highest BCUT2D eigenvalue weighted by Gasteiger charge is 2.65. The lowest BCUT2D eigenvalue weighted by Crippen LogP contribution is -2.70. The highest BCUT2D eigenvalue weighted by atomic mass is 35.5. The van der Waals surface area contributed by atoms with Gasteiger partial charge >= 0.3 is 6.09 Å². The normalized spacial score (nSPS) is 23.6. The summed E-state index contributed by atoms with van der Waals surface area (Å²) in [5, 5.41) is 24.8. The van der Waals surface area contributed by atoms with E-state index < -0.39 is 35.3 Å². The number of allylic oxidation sites excluding steroid dienone is 1. The molecule has 1 amide bonds. The summed E-state index contributed by atoms with van der Waals surface area (Å²) in [6.45, 7) is 10.1. The molecule has 2 N–H and O–H groups in total. The molecule has 13 heteroatoms. The van der Waals surface area contributed by atoms with E-state index in [-0.39, 0.29) is 63.0 Å². The average molecular weight is 880 g/mol. The van der Waals surface area contributed by atoms with E-state index in [2.05, 4.69) is 18.7 Å². The summed E-state index contributed by atoms with van der Waals surface area (Å²) in [6.07, 6.45) is 10.00. The minimum Gasteiger partial charge on any atom is -0.459 e. The van der Waals surface area contributed by atoms with E-state index in [1.807, 2.05) is 63.4 Å². The third-order valence-corrected chi connectivity index (χ3v) is 12.4. The zero-order valence-electron chi connectivity index (χ0n) is 35.7. The minimum atomic E-state index is -1.51. The predicted molar refractivity (Wildman–Crippen MR) is 238 cm³/mol. The van der Waals surface area contributed by atoms with Crippen molar-refractivity contribution in [2.45, 2.75) is 101 Å². The molecule has 61 heavy (non-hydrogen) atoms. The van der Waals surface area contributed by atoms with Gasteiger partial charge in [-0.15, -0.1) is 29.9 Å². The van der Waals surface area contributed by atoms with Crippen molar-refractivity contribution in [2.24, 2.45) is 22.9 Å². The van der Waals surface area contributed by atoms with Gasteiger partial charge in [0.1, 0.15) is 41.3 Å². The molecule has 0 spiro atoms. The Hall–Kier alpha value is -4.07. The zero-order chi connectivity index (χ0) is 43.6. The Morgan fingerprint density at radius 1 is 1.03 bits per heavy atom. The van der Waals surface area contributed by atoms with Crippen molar-refractivity contribution in [3.63, 3.8) is 0 Å². The van der Waals surface area contributed by atoms with Crippen LogP contribution in [0.25, 0.3) is 0 Å². The summed E-state index contributed by atoms with van der Waals surface area (Å²) in [7, 11) is 0. The summed E-state index contributed by atoms with van der Waals surface area (Å²) in [5.74, 6) is -0.635. The summed E-state index contributed by atoms with van der Waals surface area (Å²) in [5.41, 5.74) is 2.52. The van der Waals surface area contributed by atoms with E-state index in [1.54, 1.807) is 34.9 Å². The first-order valence-corrected chi connectivity index (χ1v) is 23.0. The van der Waals surface area contributed by atoms with E-state index in [4.69, 9.17) is 40.5 Å². The van der Waals surface area contributed by atoms with Gasteiger partial charge in [0.05, 0.1) is 24.1 Å². The molecule has 0 unspecified atom stereocenters. The Labute approximate surface area is 369 Å². The number of aliphatic hydroxyl groups is 2. The maximum absolute atomic E-state index is 14.5. The number of nitrogens with zero attached hydrogens (tertiary/aromatic N) is 2. The van der Waals surface area contributed by atoms with Crippen LogP contribution in [-0.4, -0.2) is 82.9 Å². The fourth-order valence-electron chi connectivity index (χ4n) is 8.98. The largest absolute Gasteiger partial charge is 0.459 e. The van der Waals surface area contributed by atoms with Gasteiger partial charge < -0.3 is 34.0 Å². The Kier molecular flexibility index (Phi) is 16.2. The maximum atomic E-state index is 14.5. The molecule has 0 aromatic heterocycles. The number of alkyl halides is 1. The molecule has 2 aliphatic carbocycles. The lowest BCUT2D eigenvalue weighted by atomic mass is 9.55. The first-order valence-electron chi connectivity index (χ1n) is 21.3. The Bertz CT molecular complexity index is 1990. The van der Waals surface area contributed by atoms with Crippen molar-refractivity contribution in [1.29, 1.82) is 0 Å². The molecule has 3 aliphatic rings. The van der Waals surface area contributed by atoms with E-state index in [0.717, 1.165) is 41.7 Å². The van der Waals surface area contributed by atoms with Crippen LogP contribution in [0.15, 0.2) is 101 Å². The second-order valence-corrected chi connectivity index (χ2v) is 18.1. The molecule has 330 valence electrons. The molecule has 1 heterocycles. The number of oxime groups is 1. The van der Waals surface area contributed by atoms with Crippen molar-refractivity contribution in [2.75, 3.05) is 38.6 Å². The van der Waals surface area contributed by atoms with Crippen LogP contribution in [0.1, 0.15) is 82.8 Å². The Balaban J connectivity index is 1.61. The number of fused-ring (bicyclic) bond motifs is 2. The summed E-state index contributed by atoms with van der Waals surface area (Å²) in [4.78, 5) is 23.4. The minimum absolute atomic E-state index is 0.0155. The number of carbonyl (C=O) groups excluding carboxylic acids is 1. The quantitative estimate of drug-likeness (QED) is 0.0376. The number of rotatable bonds is 20. The summed E-state index contributed by atoms with van der Waals surface area (Å²) in [6, 6.07) is 19.0. The molecule has 10 nitrogen and oxygen atoms in total. The molecular weight excluding hydrogens is 819 g/mol. The van der Waals surface area contributed by atoms with Gasteiger partial charge in [-0.3, -0.25) is 4.90 Å². The summed E-state index contributed by atoms with van der Waals surface area (Å²) < 4.78 is 40.9. The molecular formula is C48H60ClFN2O8S. The van der Waals surface area contributed by atoms with E-state index in [9.17, 15) is 19.4 Å². The van der Waals surface area contributed by atoms with E-state index in [1.165, 1.54) is 12.1 Å². The van der Waals surface area contributed by atoms with Crippen LogP contribution in [0.5, 0.6) is 17.2 Å². The van der Waals surface area contributed by atoms with Crippen LogP contribution >= 0.6 is 23.4 Å². The second kappa shape index (κ2) is 21.3. The number of halogens is 2. The van der Waals surface area contributed by atoms with Gasteiger partial charge in [-0.05, 0) is 130 Å². The van der Waals surface area contributed by atoms with Crippen molar-refractivity contribution >= 4 is 35.2 Å². The number of aliphatic hydroxyl groups excluding tert-OH is 2. The highest BCUT2D eigenvalue weighted by molar-refractivity contribution is 7.98. The smallest absolute Gasteiger partial charge is 0.410 e. The summed E-state index contributed by atoms with van der Waals surface area (Å²) >= 11 is 7.73. The Morgan fingerprint density at radius 3 is 2.39 bits per heavy atom. The fourth-order valence-corrected chi connectivity index (χ4v) is 9.47. The number of amides is 1. The number of carbonyl (C=O) groups is 1. The molecule has 1 aliphatic heterocycles. The molecule has 6 atom stereocenters. The standard InChI is InChI=1S/C48H60ClFN2O8S/c1-6-26-57-48-43(52(46(55)56-27-23-49)31-32-13-15-34(50)16-14-32)30-41(51-60-47(2,3)4)39-28-33(11-7-9-24-53)38(12-8-10-25-54)44(45(39)48)40-29-36(19-22-42(40)59-48)58-35-17-20-37(61-5)21-18-35/h6,13-22,28-29,33,38,43-45,53-54H,1,7-12,23-27,30-31H2,2-5H3/t33-,38+,43-,44+,45+,48+/m0/s1. The van der Waals surface area contributed by atoms with Crippen LogP contribution in [0.2, 0.25) is 0 Å². The van der Waals surface area contributed by atoms with Gasteiger partial charge in [-0.2, -0.15) is 0 Å². The van der Waals surface area contributed by atoms with Crippen molar-refractivity contribution < 1.29 is 43.2 Å². The van der Waals surface area contributed by atoms with Crippen LogP contribution in [-0.2, 0) is 20.9 Å². The first-order chi connectivity index (χ1) is 29.4. The molecule has 1 fully saturated rings. The Morgan fingerprint density at radius 2 is 1.74 bits per heavy atom. The SMILES string of the molecule is C=CCO[C@@]12Oc3ccc(Oc4ccc(SC)cc4)cc3[C@H]3[C@H](CCCCO)[C@@H](CCCCO)C=C(C(=NOC(C)(C)C)C[C@@H]1N(Cc1ccc(F)cc1)C(=O)OCCCl)[C@H]32. The highest BCUT2D eigenvalue weighted by Crippen LogP contribution is 2.62.